The van der Waals surface area contributed by atoms with Gasteiger partial charge in [-0.2, -0.15) is 0 Å². The fraction of sp³-hybridized carbons (Fsp3) is 0.769. The Labute approximate surface area is 91.4 Å². The average molecular weight is 208 g/mol. The number of hydrogen-bond donors (Lipinski definition) is 1. The Morgan fingerprint density at radius 2 is 1.87 bits per heavy atom. The number of carbonyl (C=O) groups is 1. The van der Waals surface area contributed by atoms with Crippen molar-refractivity contribution in [2.45, 2.75) is 46.1 Å². The summed E-state index contributed by atoms with van der Waals surface area (Å²) < 4.78 is 0. The van der Waals surface area contributed by atoms with Crippen molar-refractivity contribution in [1.82, 2.24) is 0 Å². The molecule has 0 heterocycles. The van der Waals surface area contributed by atoms with Crippen molar-refractivity contribution in [1.29, 1.82) is 0 Å². The summed E-state index contributed by atoms with van der Waals surface area (Å²) in [4.78, 5) is 12.3. The Bertz CT molecular complexity index is 338. The molecule has 2 aliphatic rings. The van der Waals surface area contributed by atoms with Gasteiger partial charge in [-0.25, -0.2) is 0 Å². The fourth-order valence-electron chi connectivity index (χ4n) is 2.91. The van der Waals surface area contributed by atoms with Gasteiger partial charge >= 0.3 is 0 Å². The Balaban J connectivity index is 2.54. The second-order valence-corrected chi connectivity index (χ2v) is 6.10. The second-order valence-electron chi connectivity index (χ2n) is 6.10. The van der Waals surface area contributed by atoms with Crippen LogP contribution in [0.5, 0.6) is 0 Å². The van der Waals surface area contributed by atoms with E-state index in [4.69, 9.17) is 0 Å². The quantitative estimate of drug-likeness (QED) is 0.620. The van der Waals surface area contributed by atoms with Crippen LogP contribution in [0.3, 0.4) is 0 Å². The number of carbonyl (C=O) groups excluding carboxylic acids is 1. The lowest BCUT2D eigenvalue weighted by Gasteiger charge is -2.53. The van der Waals surface area contributed by atoms with Gasteiger partial charge in [0.05, 0.1) is 11.5 Å². The summed E-state index contributed by atoms with van der Waals surface area (Å²) in [6, 6.07) is 0. The van der Waals surface area contributed by atoms with E-state index in [2.05, 4.69) is 13.8 Å². The Morgan fingerprint density at radius 1 is 1.27 bits per heavy atom. The van der Waals surface area contributed by atoms with Crippen LogP contribution in [0.15, 0.2) is 12.2 Å². The highest BCUT2D eigenvalue weighted by Gasteiger charge is 2.57. The monoisotopic (exact) mass is 208 g/mol. The number of rotatable bonds is 0. The van der Waals surface area contributed by atoms with E-state index < -0.39 is 11.0 Å². The molecule has 0 aromatic rings. The molecule has 2 bridgehead atoms. The van der Waals surface area contributed by atoms with Crippen LogP contribution in [0.4, 0.5) is 0 Å². The molecule has 0 aromatic heterocycles. The summed E-state index contributed by atoms with van der Waals surface area (Å²) in [6.07, 6.45) is 5.55. The first-order valence-electron chi connectivity index (χ1n) is 5.68. The van der Waals surface area contributed by atoms with Crippen molar-refractivity contribution < 1.29 is 9.90 Å². The predicted octanol–water partition coefficient (Wildman–Crippen LogP) is 2.32. The smallest absolute Gasteiger partial charge is 0.149 e. The van der Waals surface area contributed by atoms with Gasteiger partial charge in [0, 0.05) is 5.41 Å². The first kappa shape index (κ1) is 10.9. The van der Waals surface area contributed by atoms with Crippen LogP contribution in [-0.2, 0) is 4.79 Å². The molecule has 1 N–H and O–H groups in total. The summed E-state index contributed by atoms with van der Waals surface area (Å²) in [7, 11) is 0. The zero-order valence-electron chi connectivity index (χ0n) is 10.0. The lowest BCUT2D eigenvalue weighted by molar-refractivity contribution is -0.150. The van der Waals surface area contributed by atoms with E-state index in [1.54, 1.807) is 6.92 Å². The first-order chi connectivity index (χ1) is 6.71. The topological polar surface area (TPSA) is 37.3 Å². The fourth-order valence-corrected chi connectivity index (χ4v) is 2.91. The highest BCUT2D eigenvalue weighted by molar-refractivity contribution is 5.92. The molecule has 2 aliphatic carbocycles. The van der Waals surface area contributed by atoms with Gasteiger partial charge in [-0.15, -0.1) is 0 Å². The van der Waals surface area contributed by atoms with Crippen LogP contribution >= 0.6 is 0 Å². The summed E-state index contributed by atoms with van der Waals surface area (Å²) in [5, 5.41) is 10.1. The third kappa shape index (κ3) is 1.24. The van der Waals surface area contributed by atoms with Gasteiger partial charge in [-0.1, -0.05) is 26.0 Å². The molecular weight excluding hydrogens is 188 g/mol. The van der Waals surface area contributed by atoms with Crippen LogP contribution < -0.4 is 0 Å². The Kier molecular flexibility index (Phi) is 1.98. The molecule has 15 heavy (non-hydrogen) atoms. The highest BCUT2D eigenvalue weighted by atomic mass is 16.3. The molecule has 3 unspecified atom stereocenters. The van der Waals surface area contributed by atoms with Gasteiger partial charge in [0.25, 0.3) is 0 Å². The van der Waals surface area contributed by atoms with Gasteiger partial charge in [0.2, 0.25) is 0 Å². The van der Waals surface area contributed by atoms with E-state index in [1.165, 1.54) is 0 Å². The minimum atomic E-state index is -0.937. The van der Waals surface area contributed by atoms with E-state index in [0.29, 0.717) is 0 Å². The molecule has 0 saturated heterocycles. The Morgan fingerprint density at radius 3 is 2.47 bits per heavy atom. The third-order valence-corrected chi connectivity index (χ3v) is 4.75. The van der Waals surface area contributed by atoms with Crippen LogP contribution in [0.25, 0.3) is 0 Å². The summed E-state index contributed by atoms with van der Waals surface area (Å²) in [5.74, 6) is 0.00627. The average Bonchev–Trinajstić information content (AvgIpc) is 2.09. The maximum absolute atomic E-state index is 12.3. The van der Waals surface area contributed by atoms with Gasteiger partial charge in [0.15, 0.2) is 0 Å². The summed E-state index contributed by atoms with van der Waals surface area (Å²) in [6.45, 7) is 8.04. The molecule has 84 valence electrons. The van der Waals surface area contributed by atoms with Gasteiger partial charge in [-0.05, 0) is 32.1 Å². The van der Waals surface area contributed by atoms with Gasteiger partial charge < -0.3 is 5.11 Å². The predicted molar refractivity (Wildman–Crippen MR) is 59.4 cm³/mol. The van der Waals surface area contributed by atoms with Crippen molar-refractivity contribution in [3.63, 3.8) is 0 Å². The lowest BCUT2D eigenvalue weighted by Crippen LogP contribution is -2.56. The highest BCUT2D eigenvalue weighted by Crippen LogP contribution is 2.55. The maximum Gasteiger partial charge on any atom is 0.149 e. The molecular formula is C13H20O2. The second kappa shape index (κ2) is 2.73. The molecule has 0 aromatic carbocycles. The van der Waals surface area contributed by atoms with E-state index >= 15 is 0 Å². The molecule has 0 amide bonds. The van der Waals surface area contributed by atoms with Crippen molar-refractivity contribution in [3.8, 4) is 0 Å². The van der Waals surface area contributed by atoms with Crippen LogP contribution in [-0.4, -0.2) is 16.5 Å². The molecule has 0 aliphatic heterocycles. The van der Waals surface area contributed by atoms with Crippen LogP contribution in [0.2, 0.25) is 0 Å². The van der Waals surface area contributed by atoms with E-state index in [1.807, 2.05) is 19.1 Å². The number of ketones is 1. The number of allylic oxidation sites excluding steroid dienone is 1. The first-order valence-corrected chi connectivity index (χ1v) is 5.68. The molecule has 1 saturated carbocycles. The summed E-state index contributed by atoms with van der Waals surface area (Å²) in [5.41, 5.74) is -1.32. The zero-order chi connectivity index (χ0) is 11.5. The number of aliphatic hydroxyl groups is 1. The van der Waals surface area contributed by atoms with Crippen molar-refractivity contribution in [2.75, 3.05) is 0 Å². The normalized spacial score (nSPS) is 48.1. The number of Topliss-reactive ketones (excluding diaryl/α,β-unsaturated/α-hetero) is 1. The largest absolute Gasteiger partial charge is 0.385 e. The lowest BCUT2D eigenvalue weighted by atomic mass is 9.51. The number of hydrogen-bond acceptors (Lipinski definition) is 2. The molecule has 0 radical (unpaired) electrons. The molecule has 3 atom stereocenters. The van der Waals surface area contributed by atoms with Crippen molar-refractivity contribution in [3.05, 3.63) is 12.2 Å². The minimum Gasteiger partial charge on any atom is -0.385 e. The van der Waals surface area contributed by atoms with E-state index in [0.717, 1.165) is 12.8 Å². The van der Waals surface area contributed by atoms with Gasteiger partial charge in [-0.3, -0.25) is 4.79 Å². The van der Waals surface area contributed by atoms with E-state index in [-0.39, 0.29) is 17.1 Å². The SMILES string of the molecule is CC1(O)C=CC2(C)C(=O)C1CCC2(C)C. The van der Waals surface area contributed by atoms with Crippen LogP contribution in [0.1, 0.15) is 40.5 Å². The molecule has 2 heteroatoms. The molecule has 0 spiro atoms. The minimum absolute atomic E-state index is 0.00752. The third-order valence-electron chi connectivity index (χ3n) is 4.75. The van der Waals surface area contributed by atoms with Crippen molar-refractivity contribution >= 4 is 5.78 Å². The molecule has 1 fully saturated rings. The molecule has 2 rings (SSSR count). The van der Waals surface area contributed by atoms with Crippen LogP contribution in [0, 0.1) is 16.7 Å². The van der Waals surface area contributed by atoms with Crippen molar-refractivity contribution in [2.24, 2.45) is 16.7 Å². The zero-order valence-corrected chi connectivity index (χ0v) is 10.0. The summed E-state index contributed by atoms with van der Waals surface area (Å²) >= 11 is 0. The maximum atomic E-state index is 12.3. The Hall–Kier alpha value is -0.630. The van der Waals surface area contributed by atoms with E-state index in [9.17, 15) is 9.90 Å². The molecule has 2 nitrogen and oxygen atoms in total. The standard InChI is InChI=1S/C13H20O2/c1-11(2)6-5-9-10(14)12(11,3)7-8-13(9,4)15/h7-9,15H,5-6H2,1-4H3. The number of fused-ring (bicyclic) bond motifs is 2. The van der Waals surface area contributed by atoms with Gasteiger partial charge in [0.1, 0.15) is 5.78 Å².